The number of carboxylic acids is 1. The van der Waals surface area contributed by atoms with E-state index < -0.39 is 29.3 Å². The number of pyridine rings is 1. The average molecular weight is 356 g/mol. The Morgan fingerprint density at radius 1 is 1.20 bits per heavy atom. The lowest BCUT2D eigenvalue weighted by atomic mass is 10.1. The first-order valence-corrected chi connectivity index (χ1v) is 7.08. The molecule has 0 atom stereocenters. The summed E-state index contributed by atoms with van der Waals surface area (Å²) in [6.07, 6.45) is -3.22. The molecule has 7 nitrogen and oxygen atoms in total. The summed E-state index contributed by atoms with van der Waals surface area (Å²) in [6, 6.07) is 3.13. The Bertz CT molecular complexity index is 828. The molecule has 10 heteroatoms. The van der Waals surface area contributed by atoms with E-state index in [1.165, 1.54) is 33.0 Å². The zero-order valence-electron chi connectivity index (χ0n) is 13.5. The summed E-state index contributed by atoms with van der Waals surface area (Å²) < 4.78 is 39.0. The number of hydrogen-bond acceptors (Lipinski definition) is 4. The summed E-state index contributed by atoms with van der Waals surface area (Å²) in [4.78, 5) is 26.8. The van der Waals surface area contributed by atoms with Crippen LogP contribution in [0.4, 0.5) is 19.0 Å². The van der Waals surface area contributed by atoms with E-state index in [1.54, 1.807) is 0 Å². The van der Waals surface area contributed by atoms with Crippen LogP contribution in [0.25, 0.3) is 0 Å². The molecule has 0 saturated heterocycles. The number of nitrogens with zero attached hydrogens (tertiary/aromatic N) is 3. The first kappa shape index (κ1) is 18.4. The van der Waals surface area contributed by atoms with E-state index in [9.17, 15) is 22.8 Å². The molecular formula is C15H15F3N4O3. The highest BCUT2D eigenvalue weighted by Crippen LogP contribution is 2.28. The highest BCUT2D eigenvalue weighted by atomic mass is 19.4. The molecule has 0 aliphatic carbocycles. The Kier molecular flexibility index (Phi) is 4.56. The first-order chi connectivity index (χ1) is 11.4. The minimum Gasteiger partial charge on any atom is -0.479 e. The van der Waals surface area contributed by atoms with Crippen molar-refractivity contribution in [1.82, 2.24) is 14.8 Å². The number of halogens is 3. The second kappa shape index (κ2) is 6.19. The zero-order valence-corrected chi connectivity index (χ0v) is 13.5. The molecule has 1 amide bonds. The number of aryl methyl sites for hydroxylation is 1. The molecular weight excluding hydrogens is 341 g/mol. The van der Waals surface area contributed by atoms with Gasteiger partial charge in [0, 0.05) is 12.3 Å². The number of carbonyl (C=O) groups excluding carboxylic acids is 1. The largest absolute Gasteiger partial charge is 0.479 e. The van der Waals surface area contributed by atoms with Crippen LogP contribution in [0, 0.1) is 6.92 Å². The third kappa shape index (κ3) is 3.78. The molecule has 0 fully saturated rings. The molecule has 0 spiro atoms. The van der Waals surface area contributed by atoms with Gasteiger partial charge in [-0.1, -0.05) is 0 Å². The summed E-state index contributed by atoms with van der Waals surface area (Å²) in [5.74, 6) is -1.74. The van der Waals surface area contributed by atoms with Gasteiger partial charge in [0.05, 0.1) is 11.3 Å². The van der Waals surface area contributed by atoms with Gasteiger partial charge in [-0.05, 0) is 32.9 Å². The zero-order chi connectivity index (χ0) is 19.0. The molecule has 0 bridgehead atoms. The minimum absolute atomic E-state index is 0.0416. The topological polar surface area (TPSA) is 97.1 Å². The minimum atomic E-state index is -4.60. The Morgan fingerprint density at radius 2 is 1.84 bits per heavy atom. The second-order valence-corrected chi connectivity index (χ2v) is 5.79. The molecule has 2 N–H and O–H groups in total. The van der Waals surface area contributed by atoms with E-state index in [0.717, 1.165) is 10.7 Å². The van der Waals surface area contributed by atoms with Crippen LogP contribution >= 0.6 is 0 Å². The van der Waals surface area contributed by atoms with Gasteiger partial charge >= 0.3 is 12.1 Å². The molecule has 2 aromatic rings. The molecule has 2 rings (SSSR count). The molecule has 2 heterocycles. The summed E-state index contributed by atoms with van der Waals surface area (Å²) in [6.45, 7) is 4.14. The van der Waals surface area contributed by atoms with Crippen LogP contribution in [0.2, 0.25) is 0 Å². The van der Waals surface area contributed by atoms with E-state index in [1.807, 2.05) is 0 Å². The van der Waals surface area contributed by atoms with Crippen molar-refractivity contribution in [3.63, 3.8) is 0 Å². The lowest BCUT2D eigenvalue weighted by Gasteiger charge is -2.19. The van der Waals surface area contributed by atoms with Gasteiger partial charge < -0.3 is 10.4 Å². The van der Waals surface area contributed by atoms with E-state index in [4.69, 9.17) is 5.11 Å². The van der Waals surface area contributed by atoms with Crippen LogP contribution in [0.1, 0.15) is 35.6 Å². The molecule has 25 heavy (non-hydrogen) atoms. The normalized spacial score (nSPS) is 12.1. The number of rotatable bonds is 4. The summed E-state index contributed by atoms with van der Waals surface area (Å²) in [5, 5.41) is 15.5. The fraction of sp³-hybridized carbons (Fsp3) is 0.333. The van der Waals surface area contributed by atoms with Gasteiger partial charge in [0.1, 0.15) is 5.69 Å². The number of carbonyl (C=O) groups is 2. The predicted molar refractivity (Wildman–Crippen MR) is 81.1 cm³/mol. The van der Waals surface area contributed by atoms with Crippen LogP contribution in [-0.4, -0.2) is 31.7 Å². The van der Waals surface area contributed by atoms with Crippen LogP contribution in [0.3, 0.4) is 0 Å². The molecule has 0 aliphatic rings. The lowest BCUT2D eigenvalue weighted by Crippen LogP contribution is -2.36. The fourth-order valence-electron chi connectivity index (χ4n) is 1.94. The van der Waals surface area contributed by atoms with Crippen molar-refractivity contribution in [2.45, 2.75) is 32.5 Å². The van der Waals surface area contributed by atoms with Crippen LogP contribution in [0.15, 0.2) is 24.4 Å². The monoisotopic (exact) mass is 356 g/mol. The van der Waals surface area contributed by atoms with Crippen molar-refractivity contribution in [1.29, 1.82) is 0 Å². The quantitative estimate of drug-likeness (QED) is 0.878. The van der Waals surface area contributed by atoms with Gasteiger partial charge in [0.2, 0.25) is 0 Å². The van der Waals surface area contributed by atoms with Crippen molar-refractivity contribution < 1.29 is 27.9 Å². The Hall–Kier alpha value is -2.91. The van der Waals surface area contributed by atoms with Crippen molar-refractivity contribution >= 4 is 17.7 Å². The molecule has 0 radical (unpaired) electrons. The van der Waals surface area contributed by atoms with Crippen LogP contribution < -0.4 is 5.32 Å². The van der Waals surface area contributed by atoms with Gasteiger partial charge in [0.25, 0.3) is 5.91 Å². The number of anilines is 1. The number of amides is 1. The highest BCUT2D eigenvalue weighted by Gasteiger charge is 2.33. The highest BCUT2D eigenvalue weighted by molar-refractivity contribution is 6.04. The maximum Gasteiger partial charge on any atom is 0.433 e. The molecule has 134 valence electrons. The number of alkyl halides is 3. The predicted octanol–water partition coefficient (Wildman–Crippen LogP) is 2.68. The van der Waals surface area contributed by atoms with E-state index in [2.05, 4.69) is 15.4 Å². The lowest BCUT2D eigenvalue weighted by molar-refractivity contribution is -0.146. The fourth-order valence-corrected chi connectivity index (χ4v) is 1.94. The van der Waals surface area contributed by atoms with Crippen LogP contribution in [0.5, 0.6) is 0 Å². The van der Waals surface area contributed by atoms with Crippen molar-refractivity contribution in [2.75, 3.05) is 5.32 Å². The molecule has 0 saturated carbocycles. The Balaban J connectivity index is 2.21. The average Bonchev–Trinajstić information content (AvgIpc) is 2.95. The van der Waals surface area contributed by atoms with Crippen molar-refractivity contribution in [3.05, 3.63) is 41.3 Å². The smallest absolute Gasteiger partial charge is 0.433 e. The number of carboxylic acid groups (broad SMARTS) is 1. The Labute approximate surface area is 140 Å². The van der Waals surface area contributed by atoms with E-state index in [0.29, 0.717) is 6.07 Å². The van der Waals surface area contributed by atoms with Gasteiger partial charge in [-0.2, -0.15) is 18.3 Å². The standard InChI is InChI=1S/C15H15F3N4O3/c1-8-9(4-5-10(19-8)15(16,17)18)12(23)20-11-6-7-22(21-11)14(2,3)13(24)25/h4-7H,1-3H3,(H,24,25)(H,20,21,23). The Morgan fingerprint density at radius 3 is 2.36 bits per heavy atom. The third-order valence-corrected chi connectivity index (χ3v) is 3.55. The molecule has 2 aromatic heterocycles. The maximum atomic E-state index is 12.6. The number of aromatic nitrogens is 3. The number of nitrogens with one attached hydrogen (secondary N) is 1. The van der Waals surface area contributed by atoms with Gasteiger partial charge in [0.15, 0.2) is 11.4 Å². The second-order valence-electron chi connectivity index (χ2n) is 5.79. The molecule has 0 aliphatic heterocycles. The summed E-state index contributed by atoms with van der Waals surface area (Å²) >= 11 is 0. The summed E-state index contributed by atoms with van der Waals surface area (Å²) in [5.41, 5.74) is -2.54. The maximum absolute atomic E-state index is 12.6. The third-order valence-electron chi connectivity index (χ3n) is 3.55. The molecule has 0 unspecified atom stereocenters. The SMILES string of the molecule is Cc1nc(C(F)(F)F)ccc1C(=O)Nc1ccn(C(C)(C)C(=O)O)n1. The van der Waals surface area contributed by atoms with E-state index in [-0.39, 0.29) is 17.1 Å². The first-order valence-electron chi connectivity index (χ1n) is 7.08. The van der Waals surface area contributed by atoms with Gasteiger partial charge in [-0.25, -0.2) is 9.78 Å². The van der Waals surface area contributed by atoms with Crippen molar-refractivity contribution in [3.8, 4) is 0 Å². The van der Waals surface area contributed by atoms with E-state index >= 15 is 0 Å². The van der Waals surface area contributed by atoms with Crippen LogP contribution in [-0.2, 0) is 16.5 Å². The molecule has 0 aromatic carbocycles. The number of hydrogen-bond donors (Lipinski definition) is 2. The van der Waals surface area contributed by atoms with Gasteiger partial charge in [-0.15, -0.1) is 0 Å². The van der Waals surface area contributed by atoms with Crippen molar-refractivity contribution in [2.24, 2.45) is 0 Å². The number of aliphatic carboxylic acids is 1. The summed E-state index contributed by atoms with van der Waals surface area (Å²) in [7, 11) is 0. The van der Waals surface area contributed by atoms with Gasteiger partial charge in [-0.3, -0.25) is 9.48 Å².